The Bertz CT molecular complexity index is 554. The maximum atomic E-state index is 8.04. The van der Waals surface area contributed by atoms with Gasteiger partial charge in [0.2, 0.25) is 5.78 Å². The smallest absolute Gasteiger partial charge is 0.233 e. The first-order chi connectivity index (χ1) is 7.32. The summed E-state index contributed by atoms with van der Waals surface area (Å²) in [5.74, 6) is 0.244. The average molecular weight is 178 g/mol. The van der Waals surface area contributed by atoms with Gasteiger partial charge in [-0.2, -0.15) is 0 Å². The molecule has 13 heavy (non-hydrogen) atoms. The molecule has 0 unspecified atom stereocenters. The molecule has 2 rings (SSSR count). The Morgan fingerprint density at radius 3 is 2.85 bits per heavy atom. The second-order valence-corrected chi connectivity index (χ2v) is 3.98. The van der Waals surface area contributed by atoms with E-state index in [1.54, 1.807) is 0 Å². The van der Waals surface area contributed by atoms with E-state index in [0.717, 1.165) is 0 Å². The third-order valence-electron chi connectivity index (χ3n) is 1.81. The molecule has 0 fully saturated rings. The second-order valence-electron chi connectivity index (χ2n) is 3.98. The standard InChI is InChI=1S/C10H13N3/c1-10(2,3)8-6-12-9-11-4-5-13(9)7-8/h4-7H,1-3H3/i5D,6D,7D. The van der Waals surface area contributed by atoms with Crippen molar-refractivity contribution in [3.8, 4) is 0 Å². The van der Waals surface area contributed by atoms with Crippen molar-refractivity contribution >= 4 is 5.78 Å². The van der Waals surface area contributed by atoms with Crippen LogP contribution in [0.15, 0.2) is 24.7 Å². The summed E-state index contributed by atoms with van der Waals surface area (Å²) < 4.78 is 24.8. The predicted molar refractivity (Wildman–Crippen MR) is 51.7 cm³/mol. The molecule has 0 aliphatic carbocycles. The summed E-state index contributed by atoms with van der Waals surface area (Å²) in [6, 6.07) is 0. The maximum Gasteiger partial charge on any atom is 0.233 e. The van der Waals surface area contributed by atoms with Gasteiger partial charge in [-0.3, -0.25) is 4.40 Å². The molecule has 0 saturated heterocycles. The third-order valence-corrected chi connectivity index (χ3v) is 1.81. The van der Waals surface area contributed by atoms with E-state index in [1.165, 1.54) is 10.6 Å². The molecule has 68 valence electrons. The monoisotopic (exact) mass is 178 g/mol. The SMILES string of the molecule is [2H]c1nc2ncc([2H])n2c([2H])c1C(C)(C)C. The summed E-state index contributed by atoms with van der Waals surface area (Å²) in [5.41, 5.74) is 0.193. The predicted octanol–water partition coefficient (Wildman–Crippen LogP) is 2.03. The molecule has 0 N–H and O–H groups in total. The number of fused-ring (bicyclic) bond motifs is 1. The number of hydrogen-bond acceptors (Lipinski definition) is 2. The second kappa shape index (κ2) is 2.55. The quantitative estimate of drug-likeness (QED) is 0.618. The fraction of sp³-hybridized carbons (Fsp3) is 0.400. The van der Waals surface area contributed by atoms with Crippen LogP contribution < -0.4 is 0 Å². The fourth-order valence-electron chi connectivity index (χ4n) is 0.999. The van der Waals surface area contributed by atoms with Gasteiger partial charge in [0, 0.05) is 24.7 Å². The van der Waals surface area contributed by atoms with Crippen LogP contribution in [0.3, 0.4) is 0 Å². The van der Waals surface area contributed by atoms with E-state index in [1.807, 2.05) is 20.8 Å². The first kappa shape index (κ1) is 5.37. The van der Waals surface area contributed by atoms with Crippen LogP contribution in [-0.4, -0.2) is 14.4 Å². The van der Waals surface area contributed by atoms with Crippen LogP contribution in [0.4, 0.5) is 0 Å². The molecule has 3 heteroatoms. The van der Waals surface area contributed by atoms with Crippen molar-refractivity contribution in [2.75, 3.05) is 0 Å². The molecule has 0 amide bonds. The van der Waals surface area contributed by atoms with Crippen LogP contribution >= 0.6 is 0 Å². The van der Waals surface area contributed by atoms with E-state index in [-0.39, 0.29) is 29.7 Å². The summed E-state index contributed by atoms with van der Waals surface area (Å²) in [4.78, 5) is 7.89. The lowest BCUT2D eigenvalue weighted by atomic mass is 9.89. The minimum atomic E-state index is -0.341. The lowest BCUT2D eigenvalue weighted by molar-refractivity contribution is 0.583. The Balaban J connectivity index is 2.90. The van der Waals surface area contributed by atoms with Gasteiger partial charge < -0.3 is 0 Å². The molecule has 0 saturated carbocycles. The summed E-state index contributed by atoms with van der Waals surface area (Å²) in [7, 11) is 0. The number of aromatic nitrogens is 3. The van der Waals surface area contributed by atoms with Gasteiger partial charge in [-0.1, -0.05) is 20.8 Å². The third kappa shape index (κ3) is 1.41. The highest BCUT2D eigenvalue weighted by Gasteiger charge is 2.14. The van der Waals surface area contributed by atoms with Crippen molar-refractivity contribution < 1.29 is 4.11 Å². The molecule has 0 aliphatic rings. The zero-order valence-electron chi connectivity index (χ0n) is 10.9. The van der Waals surface area contributed by atoms with Gasteiger partial charge in [-0.05, 0) is 11.0 Å². The highest BCUT2D eigenvalue weighted by molar-refractivity contribution is 5.30. The highest BCUT2D eigenvalue weighted by atomic mass is 15.1. The molecule has 2 aromatic heterocycles. The van der Waals surface area contributed by atoms with Gasteiger partial charge in [0.1, 0.15) is 0 Å². The molecular formula is C10H13N3. The van der Waals surface area contributed by atoms with Crippen LogP contribution in [0, 0.1) is 0 Å². The molecule has 3 nitrogen and oxygen atoms in total. The molecular weight excluding hydrogens is 162 g/mol. The topological polar surface area (TPSA) is 30.2 Å². The van der Waals surface area contributed by atoms with Crippen LogP contribution in [-0.2, 0) is 5.41 Å². The van der Waals surface area contributed by atoms with Crippen LogP contribution in [0.1, 0.15) is 30.4 Å². The Morgan fingerprint density at radius 1 is 1.38 bits per heavy atom. The van der Waals surface area contributed by atoms with E-state index >= 15 is 0 Å². The van der Waals surface area contributed by atoms with E-state index in [4.69, 9.17) is 4.11 Å². The summed E-state index contributed by atoms with van der Waals surface area (Å²) in [5, 5.41) is 0. The fourth-order valence-corrected chi connectivity index (χ4v) is 0.999. The molecule has 0 atom stereocenters. The molecule has 0 aliphatic heterocycles. The van der Waals surface area contributed by atoms with Gasteiger partial charge in [0.25, 0.3) is 0 Å². The first-order valence-corrected chi connectivity index (χ1v) is 4.14. The molecule has 0 spiro atoms. The summed E-state index contributed by atoms with van der Waals surface area (Å²) in [6.45, 7) is 5.77. The van der Waals surface area contributed by atoms with Crippen molar-refractivity contribution in [2.45, 2.75) is 26.2 Å². The van der Waals surface area contributed by atoms with Crippen LogP contribution in [0.2, 0.25) is 0 Å². The normalized spacial score (nSPS) is 15.5. The number of nitrogens with zero attached hydrogens (tertiary/aromatic N) is 3. The van der Waals surface area contributed by atoms with Gasteiger partial charge >= 0.3 is 0 Å². The lowest BCUT2D eigenvalue weighted by Crippen LogP contribution is -2.12. The van der Waals surface area contributed by atoms with E-state index in [9.17, 15) is 0 Å². The van der Waals surface area contributed by atoms with Crippen molar-refractivity contribution in [2.24, 2.45) is 0 Å². The lowest BCUT2D eigenvalue weighted by Gasteiger charge is -2.17. The van der Waals surface area contributed by atoms with Gasteiger partial charge in [-0.15, -0.1) is 0 Å². The average Bonchev–Trinajstić information content (AvgIpc) is 2.44. The van der Waals surface area contributed by atoms with Gasteiger partial charge in [0.05, 0.1) is 4.11 Å². The maximum absolute atomic E-state index is 8.04. The van der Waals surface area contributed by atoms with Gasteiger partial charge in [-0.25, -0.2) is 9.97 Å². The summed E-state index contributed by atoms with van der Waals surface area (Å²) in [6.07, 6.45) is 1.66. The molecule has 0 aromatic carbocycles. The number of imidazole rings is 1. The minimum Gasteiger partial charge on any atom is -0.291 e. The van der Waals surface area contributed by atoms with E-state index in [2.05, 4.69) is 9.97 Å². The molecule has 2 heterocycles. The Hall–Kier alpha value is -1.38. The van der Waals surface area contributed by atoms with Crippen molar-refractivity contribution in [1.29, 1.82) is 0 Å². The van der Waals surface area contributed by atoms with Crippen molar-refractivity contribution in [3.05, 3.63) is 30.3 Å². The number of rotatable bonds is 0. The highest BCUT2D eigenvalue weighted by Crippen LogP contribution is 2.20. The molecule has 0 bridgehead atoms. The Labute approximate surface area is 81.7 Å². The van der Waals surface area contributed by atoms with Gasteiger partial charge in [0.15, 0.2) is 0 Å². The Kier molecular flexibility index (Phi) is 1.05. The minimum absolute atomic E-state index is 0.0654. The van der Waals surface area contributed by atoms with E-state index in [0.29, 0.717) is 5.56 Å². The Morgan fingerprint density at radius 2 is 2.15 bits per heavy atom. The van der Waals surface area contributed by atoms with Crippen LogP contribution in [0.5, 0.6) is 0 Å². The molecule has 2 aromatic rings. The first-order valence-electron chi connectivity index (χ1n) is 5.64. The van der Waals surface area contributed by atoms with Crippen LogP contribution in [0.25, 0.3) is 5.78 Å². The molecule has 0 radical (unpaired) electrons. The zero-order valence-corrected chi connectivity index (χ0v) is 7.92. The summed E-state index contributed by atoms with van der Waals surface area (Å²) >= 11 is 0. The zero-order chi connectivity index (χ0) is 12.1. The number of hydrogen-bond donors (Lipinski definition) is 0. The largest absolute Gasteiger partial charge is 0.291 e. The van der Waals surface area contributed by atoms with Crippen molar-refractivity contribution in [1.82, 2.24) is 14.4 Å². The van der Waals surface area contributed by atoms with E-state index < -0.39 is 0 Å². The van der Waals surface area contributed by atoms with Crippen molar-refractivity contribution in [3.63, 3.8) is 0 Å².